The number of aromatic nitrogens is 2. The number of nitrogens with one attached hydrogen (secondary N) is 3. The monoisotopic (exact) mass is 657 g/mol. The fraction of sp³-hybridized carbons (Fsp3) is 0.276. The number of hydrogen-bond acceptors (Lipinski definition) is 11. The van der Waals surface area contributed by atoms with Gasteiger partial charge in [-0.1, -0.05) is 18.9 Å². The largest absolute Gasteiger partial charge is 0.481 e. The average molecular weight is 658 g/mol. The van der Waals surface area contributed by atoms with E-state index in [0.29, 0.717) is 42.1 Å². The van der Waals surface area contributed by atoms with Crippen LogP contribution in [0.15, 0.2) is 58.5 Å². The molecule has 0 saturated carbocycles. The molecule has 0 fully saturated rings. The molecule has 0 saturated heterocycles. The molecule has 10 N–H and O–H groups in total. The number of nitrogens with zero attached hydrogens (tertiary/aromatic N) is 3. The number of sulfonamides is 1. The van der Waals surface area contributed by atoms with Crippen LogP contribution >= 0.6 is 0 Å². The smallest absolute Gasteiger partial charge is 0.320 e. The Bertz CT molecular complexity index is 1680. The third-order valence-electron chi connectivity index (χ3n) is 5.77. The van der Waals surface area contributed by atoms with E-state index >= 15 is 0 Å². The van der Waals surface area contributed by atoms with Crippen molar-refractivity contribution in [1.82, 2.24) is 14.7 Å². The molecular formula is C29H36FN9O6S. The molecule has 3 aromatic rings. The molecule has 1 atom stereocenters. The summed E-state index contributed by atoms with van der Waals surface area (Å²) in [5.41, 5.74) is 16.6. The van der Waals surface area contributed by atoms with Crippen LogP contribution in [-0.2, 0) is 19.6 Å². The Morgan fingerprint density at radius 2 is 1.83 bits per heavy atom. The lowest BCUT2D eigenvalue weighted by molar-refractivity contribution is -0.138. The molecule has 17 heteroatoms. The minimum atomic E-state index is -4.06. The molecule has 2 aromatic carbocycles. The van der Waals surface area contributed by atoms with Crippen molar-refractivity contribution in [3.8, 4) is 18.1 Å². The Morgan fingerprint density at radius 1 is 1.15 bits per heavy atom. The maximum atomic E-state index is 14.3. The summed E-state index contributed by atoms with van der Waals surface area (Å²) in [6.45, 7) is 3.71. The highest BCUT2D eigenvalue weighted by Gasteiger charge is 2.20. The fourth-order valence-corrected chi connectivity index (χ4v) is 4.76. The number of amides is 1. The highest BCUT2D eigenvalue weighted by molar-refractivity contribution is 7.90. The molecule has 1 amide bonds. The quantitative estimate of drug-likeness (QED) is 0.0568. The summed E-state index contributed by atoms with van der Waals surface area (Å²) in [6, 6.07) is 10.4. The number of rotatable bonds is 14. The number of carboxylic acid groups (broad SMARTS) is 1. The number of aliphatic imine (C=N–C) groups is 1. The van der Waals surface area contributed by atoms with E-state index in [1.165, 1.54) is 6.07 Å². The van der Waals surface area contributed by atoms with E-state index in [0.717, 1.165) is 6.20 Å². The molecule has 0 radical (unpaired) electrons. The van der Waals surface area contributed by atoms with E-state index in [2.05, 4.69) is 31.5 Å². The van der Waals surface area contributed by atoms with E-state index < -0.39 is 33.8 Å². The van der Waals surface area contributed by atoms with Crippen molar-refractivity contribution in [2.45, 2.75) is 44.0 Å². The lowest BCUT2D eigenvalue weighted by Gasteiger charge is -2.13. The van der Waals surface area contributed by atoms with Crippen LogP contribution in [0, 0.1) is 25.1 Å². The predicted octanol–water partition coefficient (Wildman–Crippen LogP) is 2.09. The molecule has 0 spiro atoms. The Labute approximate surface area is 265 Å². The highest BCUT2D eigenvalue weighted by Crippen LogP contribution is 2.25. The van der Waals surface area contributed by atoms with Gasteiger partial charge in [0.1, 0.15) is 18.4 Å². The number of carbonyl (C=O) groups is 2. The normalized spacial score (nSPS) is 11.1. The first kappa shape index (κ1) is 36.7. The van der Waals surface area contributed by atoms with E-state index in [-0.39, 0.29) is 35.6 Å². The van der Waals surface area contributed by atoms with Crippen LogP contribution in [0.25, 0.3) is 0 Å². The van der Waals surface area contributed by atoms with Crippen molar-refractivity contribution < 1.29 is 32.2 Å². The third-order valence-corrected chi connectivity index (χ3v) is 7.29. The number of terminal acetylenes is 1. The SMILES string of the molecule is C#CCOc1ccc(Nc2nc(Nc3ccc(C)c(S(=O)(=O)NC(=O)CC)c3)ncc2F)cc1.NC(N)=NCCCC(N)C(=O)O. The lowest BCUT2D eigenvalue weighted by Crippen LogP contribution is -2.30. The van der Waals surface area contributed by atoms with Gasteiger partial charge < -0.3 is 37.7 Å². The zero-order chi connectivity index (χ0) is 34.3. The minimum Gasteiger partial charge on any atom is -0.481 e. The molecule has 246 valence electrons. The van der Waals surface area contributed by atoms with Gasteiger partial charge in [0.15, 0.2) is 17.6 Å². The number of hydrogen-bond donors (Lipinski definition) is 7. The Balaban J connectivity index is 0.000000521. The van der Waals surface area contributed by atoms with Crippen molar-refractivity contribution in [1.29, 1.82) is 0 Å². The third kappa shape index (κ3) is 12.3. The summed E-state index contributed by atoms with van der Waals surface area (Å²) in [6.07, 6.45) is 7.12. The molecule has 0 aliphatic rings. The standard InChI is InChI=1S/C23H22FN5O4S.C6H14N4O2/c1-4-12-33-18-10-8-16(9-11-18)26-22-19(24)14-25-23(28-22)27-17-7-6-15(3)20(13-17)34(31,32)29-21(30)5-2;7-4(5(11)12)2-1-3-10-6(8)9/h1,6-11,13-14H,5,12H2,2-3H3,(H,29,30)(H2,25,26,27,28);4H,1-3,7H2,(H,11,12)(H4,8,9,10). The summed E-state index contributed by atoms with van der Waals surface area (Å²) < 4.78 is 46.7. The van der Waals surface area contributed by atoms with Crippen molar-refractivity contribution >= 4 is 51.0 Å². The number of carboxylic acids is 1. The van der Waals surface area contributed by atoms with Crippen molar-refractivity contribution in [2.24, 2.45) is 22.2 Å². The summed E-state index contributed by atoms with van der Waals surface area (Å²) in [4.78, 5) is 33.4. The molecule has 15 nitrogen and oxygen atoms in total. The summed E-state index contributed by atoms with van der Waals surface area (Å²) >= 11 is 0. The second-order valence-corrected chi connectivity index (χ2v) is 11.1. The number of halogens is 1. The number of nitrogens with two attached hydrogens (primary N) is 3. The van der Waals surface area contributed by atoms with Crippen molar-refractivity contribution in [2.75, 3.05) is 23.8 Å². The van der Waals surface area contributed by atoms with E-state index in [4.69, 9.17) is 33.5 Å². The van der Waals surface area contributed by atoms with Crippen LogP contribution in [0.4, 0.5) is 27.5 Å². The van der Waals surface area contributed by atoms with Gasteiger partial charge in [-0.3, -0.25) is 14.6 Å². The molecule has 1 aromatic heterocycles. The first-order chi connectivity index (χ1) is 21.7. The van der Waals surface area contributed by atoms with Gasteiger partial charge in [-0.2, -0.15) is 4.98 Å². The van der Waals surface area contributed by atoms with Crippen LogP contribution in [0.2, 0.25) is 0 Å². The maximum Gasteiger partial charge on any atom is 0.320 e. The number of anilines is 4. The molecule has 46 heavy (non-hydrogen) atoms. The Morgan fingerprint density at radius 3 is 2.43 bits per heavy atom. The van der Waals surface area contributed by atoms with Gasteiger partial charge in [-0.15, -0.1) is 6.42 Å². The Kier molecular flexibility index (Phi) is 14.2. The van der Waals surface area contributed by atoms with Crippen LogP contribution < -0.4 is 37.3 Å². The molecule has 3 rings (SSSR count). The zero-order valence-electron chi connectivity index (χ0n) is 25.2. The van der Waals surface area contributed by atoms with E-state index in [9.17, 15) is 22.4 Å². The van der Waals surface area contributed by atoms with E-state index in [1.807, 2.05) is 4.72 Å². The number of aliphatic carboxylic acids is 1. The van der Waals surface area contributed by atoms with Crippen molar-refractivity contribution in [3.05, 3.63) is 60.0 Å². The minimum absolute atomic E-state index is 0.0129. The highest BCUT2D eigenvalue weighted by atomic mass is 32.2. The maximum absolute atomic E-state index is 14.3. The van der Waals surface area contributed by atoms with Gasteiger partial charge in [-0.05, 0) is 61.7 Å². The zero-order valence-corrected chi connectivity index (χ0v) is 26.0. The van der Waals surface area contributed by atoms with Gasteiger partial charge in [0.2, 0.25) is 11.9 Å². The Hall–Kier alpha value is -5.47. The molecule has 1 heterocycles. The van der Waals surface area contributed by atoms with Gasteiger partial charge in [0.25, 0.3) is 10.0 Å². The van der Waals surface area contributed by atoms with Gasteiger partial charge in [-0.25, -0.2) is 22.5 Å². The number of aryl methyl sites for hydroxylation is 1. The second kappa shape index (κ2) is 17.7. The number of carbonyl (C=O) groups excluding carboxylic acids is 1. The summed E-state index contributed by atoms with van der Waals surface area (Å²) in [5, 5.41) is 14.1. The van der Waals surface area contributed by atoms with E-state index in [1.54, 1.807) is 50.2 Å². The van der Waals surface area contributed by atoms with Crippen LogP contribution in [-0.4, -0.2) is 60.5 Å². The summed E-state index contributed by atoms with van der Waals surface area (Å²) in [5.74, 6) is 0.574. The topological polar surface area (TPSA) is 250 Å². The first-order valence-electron chi connectivity index (χ1n) is 13.7. The number of ether oxygens (including phenoxy) is 1. The van der Waals surface area contributed by atoms with Gasteiger partial charge >= 0.3 is 5.97 Å². The second-order valence-electron chi connectivity index (χ2n) is 9.41. The van der Waals surface area contributed by atoms with Crippen LogP contribution in [0.1, 0.15) is 31.7 Å². The van der Waals surface area contributed by atoms with Crippen LogP contribution in [0.5, 0.6) is 5.75 Å². The average Bonchev–Trinajstić information content (AvgIpc) is 3.01. The fourth-order valence-electron chi connectivity index (χ4n) is 3.43. The van der Waals surface area contributed by atoms with Gasteiger partial charge in [0, 0.05) is 24.3 Å². The molecular weight excluding hydrogens is 621 g/mol. The lowest BCUT2D eigenvalue weighted by atomic mass is 10.2. The van der Waals surface area contributed by atoms with Crippen molar-refractivity contribution in [3.63, 3.8) is 0 Å². The van der Waals surface area contributed by atoms with Gasteiger partial charge in [0.05, 0.1) is 11.1 Å². The predicted molar refractivity (Wildman–Crippen MR) is 172 cm³/mol. The molecule has 1 unspecified atom stereocenters. The number of guanidine groups is 1. The summed E-state index contributed by atoms with van der Waals surface area (Å²) in [7, 11) is -4.06. The molecule has 0 bridgehead atoms. The van der Waals surface area contributed by atoms with Crippen LogP contribution in [0.3, 0.4) is 0 Å². The number of benzene rings is 2. The molecule has 0 aliphatic heterocycles. The first-order valence-corrected chi connectivity index (χ1v) is 15.2. The molecule has 0 aliphatic carbocycles.